The molecule has 0 spiro atoms. The van der Waals surface area contributed by atoms with E-state index in [1.54, 1.807) is 0 Å². The van der Waals surface area contributed by atoms with Crippen molar-refractivity contribution in [3.63, 3.8) is 0 Å². The van der Waals surface area contributed by atoms with E-state index in [1.165, 1.54) is 0 Å². The fraction of sp³-hybridized carbons (Fsp3) is 0.846. The van der Waals surface area contributed by atoms with Crippen molar-refractivity contribution >= 4 is 11.7 Å². The molecule has 0 aromatic heterocycles. The second kappa shape index (κ2) is 5.63. The summed E-state index contributed by atoms with van der Waals surface area (Å²) < 4.78 is 0. The van der Waals surface area contributed by atoms with Crippen molar-refractivity contribution in [2.75, 3.05) is 6.54 Å². The van der Waals surface area contributed by atoms with E-state index in [-0.39, 0.29) is 23.0 Å². The highest BCUT2D eigenvalue weighted by atomic mass is 16.2. The van der Waals surface area contributed by atoms with Crippen LogP contribution >= 0.6 is 0 Å². The predicted octanol–water partition coefficient (Wildman–Crippen LogP) is 1.24. The third-order valence-corrected chi connectivity index (χ3v) is 3.61. The Hall–Kier alpha value is -0.900. The molecule has 0 aromatic rings. The first-order valence-corrected chi connectivity index (χ1v) is 6.47. The van der Waals surface area contributed by atoms with E-state index < -0.39 is 6.04 Å². The van der Waals surface area contributed by atoms with Gasteiger partial charge in [0.15, 0.2) is 0 Å². The van der Waals surface area contributed by atoms with Gasteiger partial charge in [0.1, 0.15) is 5.78 Å². The van der Waals surface area contributed by atoms with Gasteiger partial charge in [-0.1, -0.05) is 27.2 Å². The van der Waals surface area contributed by atoms with Gasteiger partial charge in [-0.25, -0.2) is 0 Å². The van der Waals surface area contributed by atoms with Crippen LogP contribution < -0.4 is 11.1 Å². The Morgan fingerprint density at radius 3 is 2.76 bits per heavy atom. The molecule has 1 saturated heterocycles. The normalized spacial score (nSPS) is 26.2. The van der Waals surface area contributed by atoms with E-state index in [0.29, 0.717) is 13.0 Å². The van der Waals surface area contributed by atoms with Crippen LogP contribution in [0.15, 0.2) is 0 Å². The van der Waals surface area contributed by atoms with Crippen molar-refractivity contribution in [3.05, 3.63) is 0 Å². The summed E-state index contributed by atoms with van der Waals surface area (Å²) >= 11 is 0. The standard InChI is InChI=1S/C13H24N2O2/c1-4-7-13(2,3)11(16)9-6-5-8-15-12(17)10(9)14/h9-10H,4-8,14H2,1-3H3,(H,15,17)/t9?,10-/m0/s1. The number of rotatable bonds is 4. The van der Waals surface area contributed by atoms with Crippen LogP contribution in [0.1, 0.15) is 46.5 Å². The predicted molar refractivity (Wildman–Crippen MR) is 67.4 cm³/mol. The van der Waals surface area contributed by atoms with Crippen LogP contribution in [0, 0.1) is 11.3 Å². The van der Waals surface area contributed by atoms with Gasteiger partial charge in [0, 0.05) is 17.9 Å². The Morgan fingerprint density at radius 2 is 2.18 bits per heavy atom. The third-order valence-electron chi connectivity index (χ3n) is 3.61. The van der Waals surface area contributed by atoms with Crippen molar-refractivity contribution in [1.82, 2.24) is 5.32 Å². The van der Waals surface area contributed by atoms with Gasteiger partial charge in [-0.2, -0.15) is 0 Å². The van der Waals surface area contributed by atoms with Crippen LogP contribution in [0.5, 0.6) is 0 Å². The summed E-state index contributed by atoms with van der Waals surface area (Å²) in [5.74, 6) is -0.365. The molecule has 0 radical (unpaired) electrons. The van der Waals surface area contributed by atoms with Crippen LogP contribution in [0.4, 0.5) is 0 Å². The zero-order valence-corrected chi connectivity index (χ0v) is 11.1. The lowest BCUT2D eigenvalue weighted by atomic mass is 9.74. The largest absolute Gasteiger partial charge is 0.355 e. The minimum absolute atomic E-state index is 0.143. The van der Waals surface area contributed by atoms with Gasteiger partial charge >= 0.3 is 0 Å². The Balaban J connectivity index is 2.82. The summed E-state index contributed by atoms with van der Waals surface area (Å²) in [5, 5.41) is 2.75. The van der Waals surface area contributed by atoms with Crippen LogP contribution in [0.2, 0.25) is 0 Å². The Bertz CT molecular complexity index is 300. The molecule has 1 rings (SSSR count). The topological polar surface area (TPSA) is 72.2 Å². The summed E-state index contributed by atoms with van der Waals surface area (Å²) in [4.78, 5) is 24.1. The molecule has 0 saturated carbocycles. The molecular formula is C13H24N2O2. The smallest absolute Gasteiger partial charge is 0.237 e. The van der Waals surface area contributed by atoms with Crippen LogP contribution in [-0.4, -0.2) is 24.3 Å². The van der Waals surface area contributed by atoms with E-state index in [9.17, 15) is 9.59 Å². The number of carbonyl (C=O) groups is 2. The molecule has 1 aliphatic rings. The van der Waals surface area contributed by atoms with Crippen LogP contribution in [0.25, 0.3) is 0 Å². The minimum atomic E-state index is -0.680. The number of Topliss-reactive ketones (excluding diaryl/α,β-unsaturated/α-hetero) is 1. The van der Waals surface area contributed by atoms with Crippen molar-refractivity contribution in [3.8, 4) is 0 Å². The Labute approximate surface area is 103 Å². The van der Waals surface area contributed by atoms with Crippen LogP contribution in [-0.2, 0) is 9.59 Å². The lowest BCUT2D eigenvalue weighted by Gasteiger charge is -2.29. The molecule has 0 aliphatic carbocycles. The minimum Gasteiger partial charge on any atom is -0.355 e. The van der Waals surface area contributed by atoms with Gasteiger partial charge in [-0.3, -0.25) is 9.59 Å². The number of carbonyl (C=O) groups excluding carboxylic acids is 2. The molecule has 4 nitrogen and oxygen atoms in total. The molecule has 0 bridgehead atoms. The molecule has 1 unspecified atom stereocenters. The second-order valence-corrected chi connectivity index (χ2v) is 5.56. The number of amides is 1. The van der Waals surface area contributed by atoms with Crippen molar-refractivity contribution in [2.45, 2.75) is 52.5 Å². The van der Waals surface area contributed by atoms with E-state index in [2.05, 4.69) is 12.2 Å². The highest BCUT2D eigenvalue weighted by molar-refractivity contribution is 5.93. The fourth-order valence-corrected chi connectivity index (χ4v) is 2.56. The Kier molecular flexibility index (Phi) is 4.69. The maximum absolute atomic E-state index is 12.5. The molecule has 1 heterocycles. The van der Waals surface area contributed by atoms with E-state index in [4.69, 9.17) is 5.73 Å². The van der Waals surface area contributed by atoms with E-state index >= 15 is 0 Å². The maximum atomic E-state index is 12.5. The van der Waals surface area contributed by atoms with Gasteiger partial charge in [0.05, 0.1) is 6.04 Å². The van der Waals surface area contributed by atoms with E-state index in [0.717, 1.165) is 19.3 Å². The highest BCUT2D eigenvalue weighted by Crippen LogP contribution is 2.30. The highest BCUT2D eigenvalue weighted by Gasteiger charge is 2.39. The second-order valence-electron chi connectivity index (χ2n) is 5.56. The molecule has 98 valence electrons. The monoisotopic (exact) mass is 240 g/mol. The number of hydrogen-bond donors (Lipinski definition) is 2. The summed E-state index contributed by atoms with van der Waals surface area (Å²) in [6.45, 7) is 6.60. The van der Waals surface area contributed by atoms with Gasteiger partial charge < -0.3 is 11.1 Å². The first kappa shape index (κ1) is 14.2. The number of hydrogen-bond acceptors (Lipinski definition) is 3. The third kappa shape index (κ3) is 3.28. The molecule has 1 amide bonds. The van der Waals surface area contributed by atoms with Crippen molar-refractivity contribution < 1.29 is 9.59 Å². The molecule has 3 N–H and O–H groups in total. The molecule has 4 heteroatoms. The Morgan fingerprint density at radius 1 is 1.53 bits per heavy atom. The van der Waals surface area contributed by atoms with Gasteiger partial charge in [0.2, 0.25) is 5.91 Å². The van der Waals surface area contributed by atoms with Gasteiger partial charge in [-0.15, -0.1) is 0 Å². The number of nitrogens with two attached hydrogens (primary N) is 1. The summed E-state index contributed by atoms with van der Waals surface area (Å²) in [6.07, 6.45) is 3.35. The first-order valence-electron chi connectivity index (χ1n) is 6.47. The fourth-order valence-electron chi connectivity index (χ4n) is 2.56. The van der Waals surface area contributed by atoms with Crippen LogP contribution in [0.3, 0.4) is 0 Å². The molecule has 0 aromatic carbocycles. The first-order chi connectivity index (χ1) is 7.90. The van der Waals surface area contributed by atoms with Crippen molar-refractivity contribution in [1.29, 1.82) is 0 Å². The zero-order chi connectivity index (χ0) is 13.1. The lowest BCUT2D eigenvalue weighted by Crippen LogP contribution is -2.48. The molecule has 17 heavy (non-hydrogen) atoms. The summed E-state index contributed by atoms with van der Waals surface area (Å²) in [5.41, 5.74) is 5.51. The zero-order valence-electron chi connectivity index (χ0n) is 11.1. The van der Waals surface area contributed by atoms with Gasteiger partial charge in [-0.05, 0) is 19.3 Å². The van der Waals surface area contributed by atoms with Gasteiger partial charge in [0.25, 0.3) is 0 Å². The summed E-state index contributed by atoms with van der Waals surface area (Å²) in [6, 6.07) is -0.680. The summed E-state index contributed by atoms with van der Waals surface area (Å²) in [7, 11) is 0. The molecular weight excluding hydrogens is 216 g/mol. The quantitative estimate of drug-likeness (QED) is 0.776. The van der Waals surface area contributed by atoms with E-state index in [1.807, 2.05) is 13.8 Å². The SMILES string of the molecule is CCCC(C)(C)C(=O)C1CCCNC(=O)[C@H]1N. The average molecular weight is 240 g/mol. The number of nitrogens with one attached hydrogen (secondary N) is 1. The molecule has 2 atom stereocenters. The lowest BCUT2D eigenvalue weighted by molar-refractivity contribution is -0.135. The maximum Gasteiger partial charge on any atom is 0.237 e. The average Bonchev–Trinajstić information content (AvgIpc) is 2.41. The molecule has 1 fully saturated rings. The van der Waals surface area contributed by atoms with Crippen molar-refractivity contribution in [2.24, 2.45) is 17.1 Å². The molecule has 1 aliphatic heterocycles. The number of ketones is 1.